The van der Waals surface area contributed by atoms with Crippen LogP contribution in [0.4, 0.5) is 5.69 Å². The molecule has 2 aromatic rings. The molecule has 0 aliphatic carbocycles. The zero-order valence-electron chi connectivity index (χ0n) is 10.8. The number of benzene rings is 2. The molecule has 2 aromatic carbocycles. The first-order valence-corrected chi connectivity index (χ1v) is 7.12. The number of carbonyl (C=O) groups excluding carboxylic acids is 1. The highest BCUT2D eigenvalue weighted by atomic mass is 79.9. The molecule has 104 valence electrons. The van der Waals surface area contributed by atoms with Crippen LogP contribution in [0.25, 0.3) is 0 Å². The van der Waals surface area contributed by atoms with Gasteiger partial charge in [0.1, 0.15) is 0 Å². The molecule has 0 radical (unpaired) electrons. The van der Waals surface area contributed by atoms with Crippen molar-refractivity contribution in [2.24, 2.45) is 0 Å². The molecule has 0 aliphatic rings. The first-order valence-electron chi connectivity index (χ1n) is 5.95. The number of halogens is 2. The molecule has 0 amide bonds. The predicted octanol–water partition coefficient (Wildman–Crippen LogP) is 4.43. The molecule has 20 heavy (non-hydrogen) atoms. The Morgan fingerprint density at radius 2 is 2.00 bits per heavy atom. The Morgan fingerprint density at radius 1 is 1.25 bits per heavy atom. The van der Waals surface area contributed by atoms with Crippen molar-refractivity contribution in [3.63, 3.8) is 0 Å². The Morgan fingerprint density at radius 3 is 2.65 bits per heavy atom. The molecular weight excluding hydrogens is 342 g/mol. The van der Waals surface area contributed by atoms with Crippen LogP contribution >= 0.6 is 27.5 Å². The summed E-state index contributed by atoms with van der Waals surface area (Å²) in [5.41, 5.74) is 1.57. The molecule has 0 saturated carbocycles. The molecule has 2 rings (SSSR count). The van der Waals surface area contributed by atoms with Gasteiger partial charge in [-0.05, 0) is 35.9 Å². The van der Waals surface area contributed by atoms with Crippen LogP contribution in [0, 0.1) is 0 Å². The van der Waals surface area contributed by atoms with Crippen molar-refractivity contribution in [2.75, 3.05) is 12.4 Å². The van der Waals surface area contributed by atoms with Crippen molar-refractivity contribution in [3.05, 3.63) is 63.6 Å². The Kier molecular flexibility index (Phi) is 5.04. The maximum Gasteiger partial charge on any atom is 0.332 e. The van der Waals surface area contributed by atoms with Crippen molar-refractivity contribution in [3.8, 4) is 0 Å². The third-order valence-corrected chi connectivity index (χ3v) is 3.48. The third kappa shape index (κ3) is 3.74. The Balaban J connectivity index is 2.31. The lowest BCUT2D eigenvalue weighted by Gasteiger charge is -2.18. The van der Waals surface area contributed by atoms with Crippen molar-refractivity contribution in [2.45, 2.75) is 6.04 Å². The zero-order chi connectivity index (χ0) is 14.5. The summed E-state index contributed by atoms with van der Waals surface area (Å²) in [6, 6.07) is 14.1. The molecule has 1 N–H and O–H groups in total. The second-order valence-corrected chi connectivity index (χ2v) is 5.52. The molecule has 0 aromatic heterocycles. The first kappa shape index (κ1) is 14.9. The quantitative estimate of drug-likeness (QED) is 0.826. The van der Waals surface area contributed by atoms with E-state index >= 15 is 0 Å². The van der Waals surface area contributed by atoms with Gasteiger partial charge < -0.3 is 10.1 Å². The normalized spacial score (nSPS) is 11.8. The lowest BCUT2D eigenvalue weighted by molar-refractivity contribution is -0.141. The van der Waals surface area contributed by atoms with E-state index in [1.165, 1.54) is 7.11 Å². The maximum atomic E-state index is 12.0. The van der Waals surface area contributed by atoms with Gasteiger partial charge in [-0.2, -0.15) is 0 Å². The summed E-state index contributed by atoms with van der Waals surface area (Å²) in [6.07, 6.45) is 0. The minimum absolute atomic E-state index is 0.368. The summed E-state index contributed by atoms with van der Waals surface area (Å²) in [6.45, 7) is 0. The standard InChI is InChI=1S/C15H13BrClNO2/c1-20-15(19)14(10-4-2-6-12(17)8-10)18-13-7-3-5-11(16)9-13/h2-9,14,18H,1H3. The average Bonchev–Trinajstić information content (AvgIpc) is 2.44. The predicted molar refractivity (Wildman–Crippen MR) is 84.0 cm³/mol. The van der Waals surface area contributed by atoms with E-state index in [1.807, 2.05) is 30.3 Å². The fourth-order valence-electron chi connectivity index (χ4n) is 1.83. The van der Waals surface area contributed by atoms with Crippen LogP contribution in [0.2, 0.25) is 5.02 Å². The second-order valence-electron chi connectivity index (χ2n) is 4.17. The number of rotatable bonds is 4. The summed E-state index contributed by atoms with van der Waals surface area (Å²) in [4.78, 5) is 12.0. The van der Waals surface area contributed by atoms with E-state index < -0.39 is 6.04 Å². The smallest absolute Gasteiger partial charge is 0.332 e. The summed E-state index contributed by atoms with van der Waals surface area (Å²) in [5, 5.41) is 3.73. The van der Waals surface area contributed by atoms with Crippen LogP contribution in [0.1, 0.15) is 11.6 Å². The largest absolute Gasteiger partial charge is 0.467 e. The van der Waals surface area contributed by atoms with Gasteiger partial charge in [0.05, 0.1) is 7.11 Å². The number of ether oxygens (including phenoxy) is 1. The summed E-state index contributed by atoms with van der Waals surface area (Å²) >= 11 is 9.37. The third-order valence-electron chi connectivity index (χ3n) is 2.75. The lowest BCUT2D eigenvalue weighted by Crippen LogP contribution is -2.22. The van der Waals surface area contributed by atoms with E-state index in [2.05, 4.69) is 21.2 Å². The van der Waals surface area contributed by atoms with Crippen LogP contribution in [-0.4, -0.2) is 13.1 Å². The highest BCUT2D eigenvalue weighted by Crippen LogP contribution is 2.25. The van der Waals surface area contributed by atoms with Crippen LogP contribution in [0.5, 0.6) is 0 Å². The Hall–Kier alpha value is -1.52. The number of carbonyl (C=O) groups is 1. The number of esters is 1. The highest BCUT2D eigenvalue weighted by molar-refractivity contribution is 9.10. The molecular formula is C15H13BrClNO2. The first-order chi connectivity index (χ1) is 9.60. The van der Waals surface area contributed by atoms with E-state index in [9.17, 15) is 4.79 Å². The van der Waals surface area contributed by atoms with Gasteiger partial charge in [0.2, 0.25) is 0 Å². The molecule has 5 heteroatoms. The maximum absolute atomic E-state index is 12.0. The molecule has 0 saturated heterocycles. The highest BCUT2D eigenvalue weighted by Gasteiger charge is 2.21. The van der Waals surface area contributed by atoms with E-state index in [0.29, 0.717) is 5.02 Å². The van der Waals surface area contributed by atoms with Gasteiger partial charge in [0.15, 0.2) is 6.04 Å². The molecule has 0 spiro atoms. The van der Waals surface area contributed by atoms with Gasteiger partial charge in [-0.1, -0.05) is 45.7 Å². The molecule has 3 nitrogen and oxygen atoms in total. The molecule has 0 bridgehead atoms. The average molecular weight is 355 g/mol. The van der Waals surface area contributed by atoms with Crippen LogP contribution in [-0.2, 0) is 9.53 Å². The number of hydrogen-bond donors (Lipinski definition) is 1. The fraction of sp³-hybridized carbons (Fsp3) is 0.133. The minimum atomic E-state index is -0.604. The molecule has 1 unspecified atom stereocenters. The van der Waals surface area contributed by atoms with Crippen LogP contribution in [0.15, 0.2) is 53.0 Å². The van der Waals surface area contributed by atoms with Crippen molar-refractivity contribution in [1.29, 1.82) is 0 Å². The Bertz CT molecular complexity index is 618. The molecule has 0 heterocycles. The topological polar surface area (TPSA) is 38.3 Å². The van der Waals surface area contributed by atoms with Gasteiger partial charge in [0.25, 0.3) is 0 Å². The number of methoxy groups -OCH3 is 1. The van der Waals surface area contributed by atoms with E-state index in [4.69, 9.17) is 16.3 Å². The van der Waals surface area contributed by atoms with Crippen molar-refractivity contribution < 1.29 is 9.53 Å². The summed E-state index contributed by atoms with van der Waals surface area (Å²) < 4.78 is 5.78. The van der Waals surface area contributed by atoms with Gasteiger partial charge in [-0.25, -0.2) is 4.79 Å². The van der Waals surface area contributed by atoms with Crippen LogP contribution in [0.3, 0.4) is 0 Å². The Labute approximate surface area is 131 Å². The van der Waals surface area contributed by atoms with Gasteiger partial charge >= 0.3 is 5.97 Å². The minimum Gasteiger partial charge on any atom is -0.467 e. The summed E-state index contributed by atoms with van der Waals surface area (Å²) in [5.74, 6) is -0.368. The van der Waals surface area contributed by atoms with Crippen LogP contribution < -0.4 is 5.32 Å². The number of hydrogen-bond acceptors (Lipinski definition) is 3. The van der Waals surface area contributed by atoms with E-state index in [0.717, 1.165) is 15.7 Å². The lowest BCUT2D eigenvalue weighted by atomic mass is 10.1. The zero-order valence-corrected chi connectivity index (χ0v) is 13.1. The fourth-order valence-corrected chi connectivity index (χ4v) is 2.43. The van der Waals surface area contributed by atoms with Gasteiger partial charge in [0, 0.05) is 15.2 Å². The summed E-state index contributed by atoms with van der Waals surface area (Å²) in [7, 11) is 1.36. The monoisotopic (exact) mass is 353 g/mol. The van der Waals surface area contributed by atoms with Crippen molar-refractivity contribution in [1.82, 2.24) is 0 Å². The second kappa shape index (κ2) is 6.77. The van der Waals surface area contributed by atoms with E-state index in [1.54, 1.807) is 18.2 Å². The molecule has 0 fully saturated rings. The van der Waals surface area contributed by atoms with Gasteiger partial charge in [-0.15, -0.1) is 0 Å². The number of anilines is 1. The SMILES string of the molecule is COC(=O)C(Nc1cccc(Br)c1)c1cccc(Cl)c1. The molecule has 1 atom stereocenters. The molecule has 0 aliphatic heterocycles. The van der Waals surface area contributed by atoms with E-state index in [-0.39, 0.29) is 5.97 Å². The number of nitrogens with one attached hydrogen (secondary N) is 1. The van der Waals surface area contributed by atoms with Crippen molar-refractivity contribution >= 4 is 39.2 Å². The van der Waals surface area contributed by atoms with Gasteiger partial charge in [-0.3, -0.25) is 0 Å².